The molecule has 1 fully saturated rings. The predicted octanol–water partition coefficient (Wildman–Crippen LogP) is 0.961. The number of hydrogen-bond acceptors (Lipinski definition) is 3. The number of nitrogens with zero attached hydrogens (tertiary/aromatic N) is 1. The van der Waals surface area contributed by atoms with Gasteiger partial charge in [0.1, 0.15) is 0 Å². The van der Waals surface area contributed by atoms with E-state index in [0.29, 0.717) is 0 Å². The molecule has 0 unspecified atom stereocenters. The molecule has 0 radical (unpaired) electrons. The van der Waals surface area contributed by atoms with E-state index in [2.05, 4.69) is 39.8 Å². The van der Waals surface area contributed by atoms with Crippen molar-refractivity contribution < 1.29 is 0 Å². The van der Waals surface area contributed by atoms with Crippen molar-refractivity contribution in [2.24, 2.45) is 0 Å². The van der Waals surface area contributed by atoms with Gasteiger partial charge in [0.25, 0.3) is 0 Å². The van der Waals surface area contributed by atoms with Crippen molar-refractivity contribution in [1.82, 2.24) is 10.2 Å². The van der Waals surface area contributed by atoms with Gasteiger partial charge in [-0.15, -0.1) is 0 Å². The number of piperazine rings is 1. The summed E-state index contributed by atoms with van der Waals surface area (Å²) in [6, 6.07) is 10.3. The Kier molecular flexibility index (Phi) is 3.38. The topological polar surface area (TPSA) is 27.3 Å². The van der Waals surface area contributed by atoms with Crippen LogP contribution in [0.5, 0.6) is 0 Å². The lowest BCUT2D eigenvalue weighted by molar-refractivity contribution is 0.256. The van der Waals surface area contributed by atoms with Gasteiger partial charge in [0.15, 0.2) is 0 Å². The Balaban J connectivity index is 1.76. The van der Waals surface area contributed by atoms with Crippen molar-refractivity contribution in [1.29, 1.82) is 0 Å². The van der Waals surface area contributed by atoms with Gasteiger partial charge < -0.3 is 10.6 Å². The fourth-order valence-corrected chi connectivity index (χ4v) is 1.63. The van der Waals surface area contributed by atoms with Gasteiger partial charge in [0.05, 0.1) is 6.67 Å². The second kappa shape index (κ2) is 4.98. The molecule has 0 spiro atoms. The predicted molar refractivity (Wildman–Crippen MR) is 59.4 cm³/mol. The third-order valence-corrected chi connectivity index (χ3v) is 2.49. The van der Waals surface area contributed by atoms with E-state index < -0.39 is 0 Å². The van der Waals surface area contributed by atoms with Gasteiger partial charge in [-0.25, -0.2) is 0 Å². The SMILES string of the molecule is c1ccc(NCN2CCNCC2)cc1. The van der Waals surface area contributed by atoms with Gasteiger partial charge in [-0.3, -0.25) is 4.90 Å². The van der Waals surface area contributed by atoms with Crippen LogP contribution in [0.25, 0.3) is 0 Å². The van der Waals surface area contributed by atoms with Gasteiger partial charge >= 0.3 is 0 Å². The van der Waals surface area contributed by atoms with E-state index in [-0.39, 0.29) is 0 Å². The van der Waals surface area contributed by atoms with Crippen molar-refractivity contribution in [2.45, 2.75) is 0 Å². The Bertz CT molecular complexity index is 254. The highest BCUT2D eigenvalue weighted by Crippen LogP contribution is 2.04. The van der Waals surface area contributed by atoms with Crippen molar-refractivity contribution in [3.63, 3.8) is 0 Å². The quantitative estimate of drug-likeness (QED) is 0.745. The van der Waals surface area contributed by atoms with Crippen LogP contribution in [0, 0.1) is 0 Å². The summed E-state index contributed by atoms with van der Waals surface area (Å²) in [5, 5.41) is 6.76. The lowest BCUT2D eigenvalue weighted by Crippen LogP contribution is -2.45. The highest BCUT2D eigenvalue weighted by Gasteiger charge is 2.07. The molecular weight excluding hydrogens is 174 g/mol. The number of nitrogens with one attached hydrogen (secondary N) is 2. The lowest BCUT2D eigenvalue weighted by atomic mass is 10.3. The maximum atomic E-state index is 3.41. The maximum absolute atomic E-state index is 3.41. The monoisotopic (exact) mass is 191 g/mol. The average molecular weight is 191 g/mol. The zero-order valence-corrected chi connectivity index (χ0v) is 8.37. The molecular formula is C11H17N3. The van der Waals surface area contributed by atoms with Gasteiger partial charge in [-0.05, 0) is 12.1 Å². The van der Waals surface area contributed by atoms with Crippen molar-refractivity contribution >= 4 is 5.69 Å². The molecule has 14 heavy (non-hydrogen) atoms. The van der Waals surface area contributed by atoms with Crippen molar-refractivity contribution in [3.05, 3.63) is 30.3 Å². The number of hydrogen-bond donors (Lipinski definition) is 2. The highest BCUT2D eigenvalue weighted by atomic mass is 15.3. The Hall–Kier alpha value is -1.06. The molecule has 1 aliphatic rings. The Morgan fingerprint density at radius 3 is 2.57 bits per heavy atom. The van der Waals surface area contributed by atoms with Crippen molar-refractivity contribution in [2.75, 3.05) is 38.2 Å². The minimum absolute atomic E-state index is 0.950. The summed E-state index contributed by atoms with van der Waals surface area (Å²) in [6.07, 6.45) is 0. The van der Waals surface area contributed by atoms with E-state index in [0.717, 1.165) is 32.8 Å². The van der Waals surface area contributed by atoms with Crippen LogP contribution >= 0.6 is 0 Å². The van der Waals surface area contributed by atoms with Crippen molar-refractivity contribution in [3.8, 4) is 0 Å². The van der Waals surface area contributed by atoms with E-state index in [9.17, 15) is 0 Å². The molecule has 76 valence electrons. The average Bonchev–Trinajstić information content (AvgIpc) is 2.29. The first-order valence-electron chi connectivity index (χ1n) is 5.17. The van der Waals surface area contributed by atoms with Gasteiger partial charge in [0.2, 0.25) is 0 Å². The standard InChI is InChI=1S/C11H17N3/c1-2-4-11(5-3-1)13-10-14-8-6-12-7-9-14/h1-5,12-13H,6-10H2. The smallest absolute Gasteiger partial charge is 0.0679 e. The maximum Gasteiger partial charge on any atom is 0.0679 e. The van der Waals surface area contributed by atoms with E-state index in [1.807, 2.05) is 6.07 Å². The summed E-state index contributed by atoms with van der Waals surface area (Å²) in [4.78, 5) is 2.42. The van der Waals surface area contributed by atoms with E-state index in [4.69, 9.17) is 0 Å². The first kappa shape index (κ1) is 9.49. The summed E-state index contributed by atoms with van der Waals surface area (Å²) < 4.78 is 0. The molecule has 1 heterocycles. The summed E-state index contributed by atoms with van der Waals surface area (Å²) in [6.45, 7) is 5.44. The second-order valence-electron chi connectivity index (χ2n) is 3.57. The fourth-order valence-electron chi connectivity index (χ4n) is 1.63. The summed E-state index contributed by atoms with van der Waals surface area (Å²) in [5.74, 6) is 0. The second-order valence-corrected chi connectivity index (χ2v) is 3.57. The molecule has 1 saturated heterocycles. The highest BCUT2D eigenvalue weighted by molar-refractivity contribution is 5.42. The first-order chi connectivity index (χ1) is 6.95. The normalized spacial score (nSPS) is 18.0. The number of rotatable bonds is 3. The summed E-state index contributed by atoms with van der Waals surface area (Å²) in [7, 11) is 0. The molecule has 0 aliphatic carbocycles. The molecule has 2 N–H and O–H groups in total. The minimum Gasteiger partial charge on any atom is -0.372 e. The van der Waals surface area contributed by atoms with E-state index >= 15 is 0 Å². The zero-order chi connectivity index (χ0) is 9.64. The molecule has 0 atom stereocenters. The first-order valence-corrected chi connectivity index (χ1v) is 5.17. The Labute approximate surface area is 85.1 Å². The Morgan fingerprint density at radius 2 is 1.86 bits per heavy atom. The van der Waals surface area contributed by atoms with E-state index in [1.165, 1.54) is 5.69 Å². The molecule has 0 saturated carbocycles. The van der Waals surface area contributed by atoms with Crippen LogP contribution in [-0.4, -0.2) is 37.7 Å². The molecule has 1 aromatic carbocycles. The number of benzene rings is 1. The van der Waals surface area contributed by atoms with E-state index in [1.54, 1.807) is 0 Å². The molecule has 1 aromatic rings. The van der Waals surface area contributed by atoms with Crippen LogP contribution < -0.4 is 10.6 Å². The molecule has 3 heteroatoms. The van der Waals surface area contributed by atoms with Gasteiger partial charge in [-0.2, -0.15) is 0 Å². The van der Waals surface area contributed by atoms with Gasteiger partial charge in [0, 0.05) is 31.9 Å². The molecule has 0 amide bonds. The van der Waals surface area contributed by atoms with Crippen LogP contribution in [0.4, 0.5) is 5.69 Å². The summed E-state index contributed by atoms with van der Waals surface area (Å²) in [5.41, 5.74) is 1.20. The number of anilines is 1. The summed E-state index contributed by atoms with van der Waals surface area (Å²) >= 11 is 0. The molecule has 0 bridgehead atoms. The Morgan fingerprint density at radius 1 is 1.14 bits per heavy atom. The van der Waals surface area contributed by atoms with Crippen LogP contribution in [0.1, 0.15) is 0 Å². The zero-order valence-electron chi connectivity index (χ0n) is 8.37. The third kappa shape index (κ3) is 2.72. The molecule has 0 aromatic heterocycles. The fraction of sp³-hybridized carbons (Fsp3) is 0.455. The largest absolute Gasteiger partial charge is 0.372 e. The van der Waals surface area contributed by atoms with Crippen LogP contribution in [0.15, 0.2) is 30.3 Å². The number of para-hydroxylation sites is 1. The lowest BCUT2D eigenvalue weighted by Gasteiger charge is -2.27. The van der Waals surface area contributed by atoms with Crippen LogP contribution in [0.3, 0.4) is 0 Å². The third-order valence-electron chi connectivity index (χ3n) is 2.49. The minimum atomic E-state index is 0.950. The molecule has 2 rings (SSSR count). The van der Waals surface area contributed by atoms with Gasteiger partial charge in [-0.1, -0.05) is 18.2 Å². The molecule has 3 nitrogen and oxygen atoms in total. The molecule has 1 aliphatic heterocycles. The van der Waals surface area contributed by atoms with Crippen LogP contribution in [0.2, 0.25) is 0 Å². The van der Waals surface area contributed by atoms with Crippen LogP contribution in [-0.2, 0) is 0 Å².